The number of aryl methyl sites for hydroxylation is 1. The quantitative estimate of drug-likeness (QED) is 0.885. The second-order valence-electron chi connectivity index (χ2n) is 4.91. The second-order valence-corrected chi connectivity index (χ2v) is 4.91. The van der Waals surface area contributed by atoms with E-state index in [9.17, 15) is 9.59 Å². The summed E-state index contributed by atoms with van der Waals surface area (Å²) in [5.74, 6) is -0.241. The molecule has 1 aromatic carbocycles. The molecule has 1 aliphatic rings. The SMILES string of the molecule is COCC(=O)Nc1ccc2c(c1)CCCN2C(=O)COC. The molecule has 1 heterocycles. The van der Waals surface area contributed by atoms with Gasteiger partial charge in [-0.3, -0.25) is 9.59 Å². The minimum absolute atomic E-state index is 0.0233. The lowest BCUT2D eigenvalue weighted by Gasteiger charge is -2.29. The number of nitrogens with zero attached hydrogens (tertiary/aromatic N) is 1. The summed E-state index contributed by atoms with van der Waals surface area (Å²) in [7, 11) is 2.99. The molecule has 0 saturated carbocycles. The van der Waals surface area contributed by atoms with Crippen molar-refractivity contribution in [1.29, 1.82) is 0 Å². The number of hydrogen-bond acceptors (Lipinski definition) is 4. The summed E-state index contributed by atoms with van der Waals surface area (Å²) in [6, 6.07) is 5.57. The third-order valence-electron chi connectivity index (χ3n) is 3.33. The topological polar surface area (TPSA) is 67.9 Å². The molecule has 0 radical (unpaired) electrons. The first-order valence-electron chi connectivity index (χ1n) is 6.86. The fourth-order valence-electron chi connectivity index (χ4n) is 2.46. The van der Waals surface area contributed by atoms with Crippen LogP contribution in [0.5, 0.6) is 0 Å². The van der Waals surface area contributed by atoms with Gasteiger partial charge in [0.05, 0.1) is 0 Å². The lowest BCUT2D eigenvalue weighted by atomic mass is 10.0. The predicted molar refractivity (Wildman–Crippen MR) is 79.5 cm³/mol. The van der Waals surface area contributed by atoms with Gasteiger partial charge < -0.3 is 19.7 Å². The fourth-order valence-corrected chi connectivity index (χ4v) is 2.46. The third-order valence-corrected chi connectivity index (χ3v) is 3.33. The number of methoxy groups -OCH3 is 2. The molecular formula is C15H20N2O4. The molecule has 0 saturated heterocycles. The normalized spacial score (nSPS) is 13.7. The summed E-state index contributed by atoms with van der Waals surface area (Å²) >= 11 is 0. The largest absolute Gasteiger partial charge is 0.375 e. The molecule has 0 aromatic heterocycles. The average molecular weight is 292 g/mol. The Morgan fingerprint density at radius 2 is 2.00 bits per heavy atom. The van der Waals surface area contributed by atoms with Gasteiger partial charge in [0.1, 0.15) is 13.2 Å². The molecule has 1 N–H and O–H groups in total. The number of carbonyl (C=O) groups is 2. The number of nitrogens with one attached hydrogen (secondary N) is 1. The zero-order chi connectivity index (χ0) is 15.2. The first-order valence-corrected chi connectivity index (χ1v) is 6.86. The Hall–Kier alpha value is -1.92. The monoisotopic (exact) mass is 292 g/mol. The molecule has 114 valence electrons. The number of carbonyl (C=O) groups excluding carboxylic acids is 2. The molecule has 0 spiro atoms. The standard InChI is InChI=1S/C15H20N2O4/c1-20-9-14(18)16-12-5-6-13-11(8-12)4-3-7-17(13)15(19)10-21-2/h5-6,8H,3-4,7,9-10H2,1-2H3,(H,16,18). The lowest BCUT2D eigenvalue weighted by molar-refractivity contribution is -0.122. The average Bonchev–Trinajstić information content (AvgIpc) is 2.46. The van der Waals surface area contributed by atoms with Crippen molar-refractivity contribution in [3.05, 3.63) is 23.8 Å². The molecule has 6 heteroatoms. The highest BCUT2D eigenvalue weighted by molar-refractivity contribution is 5.96. The van der Waals surface area contributed by atoms with Crippen molar-refractivity contribution >= 4 is 23.2 Å². The second kappa shape index (κ2) is 7.19. The zero-order valence-electron chi connectivity index (χ0n) is 12.3. The summed E-state index contributed by atoms with van der Waals surface area (Å²) < 4.78 is 9.70. The van der Waals surface area contributed by atoms with E-state index in [0.29, 0.717) is 6.54 Å². The van der Waals surface area contributed by atoms with E-state index in [-0.39, 0.29) is 25.0 Å². The third kappa shape index (κ3) is 3.80. The maximum absolute atomic E-state index is 12.0. The molecule has 1 aliphatic heterocycles. The van der Waals surface area contributed by atoms with Crippen LogP contribution in [0.3, 0.4) is 0 Å². The maximum Gasteiger partial charge on any atom is 0.252 e. The van der Waals surface area contributed by atoms with Crippen LogP contribution in [0, 0.1) is 0 Å². The highest BCUT2D eigenvalue weighted by Crippen LogP contribution is 2.29. The Balaban J connectivity index is 2.16. The van der Waals surface area contributed by atoms with E-state index in [1.54, 1.807) is 11.0 Å². The number of ether oxygens (including phenoxy) is 2. The van der Waals surface area contributed by atoms with Crippen LogP contribution in [0.2, 0.25) is 0 Å². The smallest absolute Gasteiger partial charge is 0.252 e. The van der Waals surface area contributed by atoms with Gasteiger partial charge in [-0.15, -0.1) is 0 Å². The molecule has 1 aromatic rings. The number of anilines is 2. The number of hydrogen-bond donors (Lipinski definition) is 1. The summed E-state index contributed by atoms with van der Waals surface area (Å²) in [4.78, 5) is 25.3. The van der Waals surface area contributed by atoms with E-state index >= 15 is 0 Å². The van der Waals surface area contributed by atoms with Crippen molar-refractivity contribution in [2.45, 2.75) is 12.8 Å². The van der Waals surface area contributed by atoms with Gasteiger partial charge in [-0.2, -0.15) is 0 Å². The minimum atomic E-state index is -0.194. The predicted octanol–water partition coefficient (Wildman–Crippen LogP) is 1.20. The van der Waals surface area contributed by atoms with E-state index in [4.69, 9.17) is 9.47 Å². The van der Waals surface area contributed by atoms with Crippen LogP contribution in [0.1, 0.15) is 12.0 Å². The molecular weight excluding hydrogens is 272 g/mol. The van der Waals surface area contributed by atoms with Gasteiger partial charge in [-0.1, -0.05) is 0 Å². The highest BCUT2D eigenvalue weighted by atomic mass is 16.5. The lowest BCUT2D eigenvalue weighted by Crippen LogP contribution is -2.37. The molecule has 0 bridgehead atoms. The van der Waals surface area contributed by atoms with Gasteiger partial charge in [0.25, 0.3) is 5.91 Å². The van der Waals surface area contributed by atoms with E-state index in [2.05, 4.69) is 5.32 Å². The van der Waals surface area contributed by atoms with Crippen molar-refractivity contribution in [2.75, 3.05) is 44.2 Å². The van der Waals surface area contributed by atoms with E-state index in [0.717, 1.165) is 29.8 Å². The van der Waals surface area contributed by atoms with Gasteiger partial charge in [0, 0.05) is 32.1 Å². The van der Waals surface area contributed by atoms with E-state index < -0.39 is 0 Å². The van der Waals surface area contributed by atoms with Gasteiger partial charge in [0.15, 0.2) is 0 Å². The van der Waals surface area contributed by atoms with E-state index in [1.165, 1.54) is 14.2 Å². The molecule has 2 rings (SSSR count). The van der Waals surface area contributed by atoms with Crippen molar-refractivity contribution in [3.8, 4) is 0 Å². The molecule has 0 aliphatic carbocycles. The van der Waals surface area contributed by atoms with Gasteiger partial charge in [-0.25, -0.2) is 0 Å². The maximum atomic E-state index is 12.0. The van der Waals surface area contributed by atoms with Gasteiger partial charge >= 0.3 is 0 Å². The number of rotatable bonds is 5. The Bertz CT molecular complexity index is 530. The number of benzene rings is 1. The van der Waals surface area contributed by atoms with Crippen LogP contribution < -0.4 is 10.2 Å². The van der Waals surface area contributed by atoms with Crippen LogP contribution in [0.15, 0.2) is 18.2 Å². The Labute approximate surface area is 124 Å². The van der Waals surface area contributed by atoms with Crippen molar-refractivity contribution in [3.63, 3.8) is 0 Å². The first kappa shape index (κ1) is 15.5. The van der Waals surface area contributed by atoms with Gasteiger partial charge in [0.2, 0.25) is 5.91 Å². The number of amides is 2. The Kier molecular flexibility index (Phi) is 5.30. The van der Waals surface area contributed by atoms with E-state index in [1.807, 2.05) is 12.1 Å². The molecule has 6 nitrogen and oxygen atoms in total. The summed E-state index contributed by atoms with van der Waals surface area (Å²) in [6.07, 6.45) is 1.79. The molecule has 0 fully saturated rings. The first-order chi connectivity index (χ1) is 10.2. The fraction of sp³-hybridized carbons (Fsp3) is 0.467. The summed E-state index contributed by atoms with van der Waals surface area (Å²) in [5, 5.41) is 2.77. The minimum Gasteiger partial charge on any atom is -0.375 e. The van der Waals surface area contributed by atoms with Crippen LogP contribution in [-0.2, 0) is 25.5 Å². The number of fused-ring (bicyclic) bond motifs is 1. The van der Waals surface area contributed by atoms with Gasteiger partial charge in [-0.05, 0) is 36.6 Å². The Morgan fingerprint density at radius 1 is 1.24 bits per heavy atom. The molecule has 0 atom stereocenters. The van der Waals surface area contributed by atoms with Crippen LogP contribution >= 0.6 is 0 Å². The highest BCUT2D eigenvalue weighted by Gasteiger charge is 2.22. The van der Waals surface area contributed by atoms with Crippen LogP contribution in [0.4, 0.5) is 11.4 Å². The summed E-state index contributed by atoms with van der Waals surface area (Å²) in [5.41, 5.74) is 2.67. The van der Waals surface area contributed by atoms with Crippen molar-refractivity contribution in [1.82, 2.24) is 0 Å². The Morgan fingerprint density at radius 3 is 2.71 bits per heavy atom. The zero-order valence-corrected chi connectivity index (χ0v) is 12.3. The van der Waals surface area contributed by atoms with Crippen LogP contribution in [-0.4, -0.2) is 45.8 Å². The molecule has 0 unspecified atom stereocenters. The molecule has 2 amide bonds. The molecule has 21 heavy (non-hydrogen) atoms. The van der Waals surface area contributed by atoms with Crippen molar-refractivity contribution in [2.24, 2.45) is 0 Å². The summed E-state index contributed by atoms with van der Waals surface area (Å²) in [6.45, 7) is 0.797. The van der Waals surface area contributed by atoms with Crippen molar-refractivity contribution < 1.29 is 19.1 Å². The van der Waals surface area contributed by atoms with Crippen LogP contribution in [0.25, 0.3) is 0 Å².